The molecule has 1 unspecified atom stereocenters. The average molecular weight is 145 g/mol. The monoisotopic (exact) mass is 145 g/mol. The van der Waals surface area contributed by atoms with E-state index in [2.05, 4.69) is 9.59 Å². The third-order valence-electron chi connectivity index (χ3n) is 0.579. The maximum atomic E-state index is 9.80. The first-order valence-electron chi connectivity index (χ1n) is 2.07. The first-order valence-corrected chi connectivity index (χ1v) is 3.32. The maximum Gasteiger partial charge on any atom is 0.234 e. The zero-order chi connectivity index (χ0) is 6.69. The second kappa shape index (κ2) is 2.40. The Balaban J connectivity index is 2.58. The third-order valence-corrected chi connectivity index (χ3v) is 1.60. The van der Waals surface area contributed by atoms with Crippen molar-refractivity contribution in [1.82, 2.24) is 9.59 Å². The molecule has 0 aliphatic heterocycles. The van der Waals surface area contributed by atoms with Gasteiger partial charge in [-0.1, -0.05) is 0 Å². The normalized spacial score (nSPS) is 10.9. The topological polar surface area (TPSA) is 77.9 Å². The molecule has 1 amide bonds. The van der Waals surface area contributed by atoms with E-state index in [9.17, 15) is 9.90 Å². The Labute approximate surface area is 53.6 Å². The SMILES string of the molecule is O=C([O-])N[s+]1ccnn1. The molecule has 1 atom stereocenters. The Morgan fingerprint density at radius 3 is 3.00 bits per heavy atom. The van der Waals surface area contributed by atoms with E-state index in [0.29, 0.717) is 0 Å². The second-order valence-electron chi connectivity index (χ2n) is 1.19. The number of rotatable bonds is 1. The van der Waals surface area contributed by atoms with Crippen LogP contribution < -0.4 is 9.83 Å². The van der Waals surface area contributed by atoms with E-state index in [-0.39, 0.29) is 0 Å². The van der Waals surface area contributed by atoms with Gasteiger partial charge in [0, 0.05) is 0 Å². The fraction of sp³-hybridized carbons (Fsp3) is 0. The van der Waals surface area contributed by atoms with Gasteiger partial charge in [0.2, 0.25) is 16.2 Å². The lowest BCUT2D eigenvalue weighted by molar-refractivity contribution is -0.241. The van der Waals surface area contributed by atoms with Gasteiger partial charge in [-0.3, -0.25) is 0 Å². The van der Waals surface area contributed by atoms with Crippen LogP contribution in [-0.2, 0) is 0 Å². The Morgan fingerprint density at radius 1 is 1.78 bits per heavy atom. The first-order chi connectivity index (χ1) is 4.29. The third kappa shape index (κ3) is 1.65. The Morgan fingerprint density at radius 2 is 2.56 bits per heavy atom. The summed E-state index contributed by atoms with van der Waals surface area (Å²) >= 11 is 0. The molecule has 48 valence electrons. The molecule has 0 aromatic carbocycles. The molecule has 1 N–H and O–H groups in total. The Kier molecular flexibility index (Phi) is 1.59. The molecule has 5 nitrogen and oxygen atoms in total. The molecule has 0 fully saturated rings. The fourth-order valence-electron chi connectivity index (χ4n) is 0.330. The highest BCUT2D eigenvalue weighted by Gasteiger charge is 2.02. The first kappa shape index (κ1) is 5.96. The van der Waals surface area contributed by atoms with Gasteiger partial charge in [-0.25, -0.2) is 0 Å². The molecule has 1 aromatic rings. The average Bonchev–Trinajstić information content (AvgIpc) is 2.15. The number of carboxylic acid groups (broad SMARTS) is 1. The van der Waals surface area contributed by atoms with Crippen LogP contribution in [0.1, 0.15) is 0 Å². The quantitative estimate of drug-likeness (QED) is 0.520. The number of hydrogen-bond donors (Lipinski definition) is 1. The molecule has 0 saturated heterocycles. The molecule has 1 rings (SSSR count). The van der Waals surface area contributed by atoms with E-state index < -0.39 is 16.9 Å². The van der Waals surface area contributed by atoms with Crippen molar-refractivity contribution in [3.05, 3.63) is 11.6 Å². The molecule has 0 saturated carbocycles. The van der Waals surface area contributed by atoms with Crippen LogP contribution in [0.4, 0.5) is 4.79 Å². The lowest BCUT2D eigenvalue weighted by atomic mass is 11.1. The van der Waals surface area contributed by atoms with Gasteiger partial charge in [-0.15, -0.1) is 9.82 Å². The van der Waals surface area contributed by atoms with Gasteiger partial charge in [0.1, 0.15) is 10.7 Å². The second-order valence-corrected chi connectivity index (χ2v) is 2.46. The fourth-order valence-corrected chi connectivity index (χ4v) is 0.990. The number of carbonyl (C=O) groups is 1. The molecule has 1 aromatic heterocycles. The molecule has 0 radical (unpaired) electrons. The van der Waals surface area contributed by atoms with Crippen molar-refractivity contribution in [3.8, 4) is 0 Å². The summed E-state index contributed by atoms with van der Waals surface area (Å²) in [7, 11) is -0.792. The Bertz CT molecular complexity index is 197. The summed E-state index contributed by atoms with van der Waals surface area (Å²) in [6, 6.07) is 0. The molecule has 1 heterocycles. The number of hydrogen-bond acceptors (Lipinski definition) is 4. The molecule has 9 heavy (non-hydrogen) atoms. The van der Waals surface area contributed by atoms with Gasteiger partial charge < -0.3 is 9.90 Å². The van der Waals surface area contributed by atoms with Crippen molar-refractivity contribution >= 4 is 16.9 Å². The van der Waals surface area contributed by atoms with Gasteiger partial charge in [0.15, 0.2) is 6.09 Å². The zero-order valence-electron chi connectivity index (χ0n) is 4.27. The van der Waals surface area contributed by atoms with Gasteiger partial charge in [-0.2, -0.15) is 0 Å². The largest absolute Gasteiger partial charge is 0.527 e. The molecule has 0 aliphatic carbocycles. The van der Waals surface area contributed by atoms with E-state index in [4.69, 9.17) is 0 Å². The predicted octanol–water partition coefficient (Wildman–Crippen LogP) is -0.888. The zero-order valence-corrected chi connectivity index (χ0v) is 5.09. The number of carbonyl (C=O) groups excluding carboxylic acids is 1. The molecule has 0 aliphatic rings. The summed E-state index contributed by atoms with van der Waals surface area (Å²) in [4.78, 5) is 9.80. The van der Waals surface area contributed by atoms with Crippen LogP contribution in [0.5, 0.6) is 0 Å². The molecular formula is C3H3N3O2S. The summed E-state index contributed by atoms with van der Waals surface area (Å²) in [5.74, 6) is 0. The van der Waals surface area contributed by atoms with E-state index >= 15 is 0 Å². The highest BCUT2D eigenvalue weighted by Crippen LogP contribution is 2.02. The van der Waals surface area contributed by atoms with E-state index in [0.717, 1.165) is 0 Å². The number of nitrogens with one attached hydrogen (secondary N) is 1. The van der Waals surface area contributed by atoms with Crippen LogP contribution >= 0.6 is 10.9 Å². The van der Waals surface area contributed by atoms with E-state index in [1.807, 2.05) is 4.72 Å². The van der Waals surface area contributed by atoms with Gasteiger partial charge in [-0.05, 0) is 0 Å². The minimum absolute atomic E-state index is 0.792. The summed E-state index contributed by atoms with van der Waals surface area (Å²) < 4.78 is 5.51. The van der Waals surface area contributed by atoms with Crippen LogP contribution in [0.15, 0.2) is 11.6 Å². The minimum Gasteiger partial charge on any atom is -0.527 e. The molecule has 0 bridgehead atoms. The van der Waals surface area contributed by atoms with Gasteiger partial charge >= 0.3 is 0 Å². The molecule has 6 heteroatoms. The summed E-state index contributed by atoms with van der Waals surface area (Å²) in [5, 5.41) is 14.8. The van der Waals surface area contributed by atoms with Crippen molar-refractivity contribution in [2.24, 2.45) is 0 Å². The highest BCUT2D eigenvalue weighted by atomic mass is 32.2. The van der Waals surface area contributed by atoms with Crippen molar-refractivity contribution in [3.63, 3.8) is 0 Å². The standard InChI is InChI=1S/C3H3N3O2S/c7-3(8)5-9-2-1-4-6-9/h1-2H,(H,7,8). The van der Waals surface area contributed by atoms with Crippen LogP contribution in [-0.4, -0.2) is 15.7 Å². The smallest absolute Gasteiger partial charge is 0.234 e. The van der Waals surface area contributed by atoms with Crippen molar-refractivity contribution in [2.45, 2.75) is 0 Å². The highest BCUT2D eigenvalue weighted by molar-refractivity contribution is 7.27. The van der Waals surface area contributed by atoms with Crippen LogP contribution in [0, 0.1) is 0 Å². The van der Waals surface area contributed by atoms with Crippen LogP contribution in [0.25, 0.3) is 0 Å². The predicted molar refractivity (Wildman–Crippen MR) is 29.3 cm³/mol. The Hall–Kier alpha value is -1.17. The maximum absolute atomic E-state index is 9.80. The van der Waals surface area contributed by atoms with Gasteiger partial charge in [0.25, 0.3) is 0 Å². The lowest BCUT2D eigenvalue weighted by Gasteiger charge is -1.89. The lowest BCUT2D eigenvalue weighted by Crippen LogP contribution is -2.28. The number of amides is 1. The van der Waals surface area contributed by atoms with Crippen molar-refractivity contribution in [2.75, 3.05) is 4.72 Å². The van der Waals surface area contributed by atoms with E-state index in [1.54, 1.807) is 0 Å². The minimum atomic E-state index is -1.33. The summed E-state index contributed by atoms with van der Waals surface area (Å²) in [6.45, 7) is 0. The van der Waals surface area contributed by atoms with Crippen molar-refractivity contribution in [1.29, 1.82) is 0 Å². The summed E-state index contributed by atoms with van der Waals surface area (Å²) in [6.07, 6.45) is 0.0998. The summed E-state index contributed by atoms with van der Waals surface area (Å²) in [5.41, 5.74) is 0. The van der Waals surface area contributed by atoms with Crippen molar-refractivity contribution < 1.29 is 9.90 Å². The molecular weight excluding hydrogens is 142 g/mol. The van der Waals surface area contributed by atoms with Crippen LogP contribution in [0.3, 0.4) is 0 Å². The van der Waals surface area contributed by atoms with E-state index in [1.165, 1.54) is 11.6 Å². The number of aromatic nitrogens is 2. The number of nitrogens with zero attached hydrogens (tertiary/aromatic N) is 2. The van der Waals surface area contributed by atoms with Crippen LogP contribution in [0.2, 0.25) is 0 Å². The van der Waals surface area contributed by atoms with Gasteiger partial charge in [0.05, 0.1) is 0 Å². The molecule has 0 spiro atoms.